The highest BCUT2D eigenvalue weighted by molar-refractivity contribution is 14.1. The summed E-state index contributed by atoms with van der Waals surface area (Å²) in [6.07, 6.45) is -0.579. The van der Waals surface area contributed by atoms with Crippen LogP contribution in [0, 0.1) is 3.57 Å². The molecule has 0 aliphatic rings. The summed E-state index contributed by atoms with van der Waals surface area (Å²) in [6.45, 7) is 5.18. The molecule has 7 nitrogen and oxygen atoms in total. The first-order chi connectivity index (χ1) is 11.1. The van der Waals surface area contributed by atoms with E-state index in [1.807, 2.05) is 22.6 Å². The molecular formula is C16H22INO6. The van der Waals surface area contributed by atoms with Gasteiger partial charge in [-0.15, -0.1) is 0 Å². The highest BCUT2D eigenvalue weighted by Gasteiger charge is 2.26. The number of carbonyl (C=O) groups is 2. The number of amides is 1. The lowest BCUT2D eigenvalue weighted by atomic mass is 10.1. The smallest absolute Gasteiger partial charge is 0.408 e. The number of benzene rings is 1. The Morgan fingerprint density at radius 2 is 1.92 bits per heavy atom. The van der Waals surface area contributed by atoms with Crippen molar-refractivity contribution in [2.24, 2.45) is 0 Å². The van der Waals surface area contributed by atoms with Crippen molar-refractivity contribution in [1.82, 2.24) is 5.32 Å². The molecule has 0 fully saturated rings. The number of halogens is 1. The zero-order chi connectivity index (χ0) is 18.5. The SMILES string of the molecule is COC(=O)[C@H](Cc1cc(O)c(OC)c(I)c1)NC(=O)OC(C)(C)C. The van der Waals surface area contributed by atoms with Crippen molar-refractivity contribution in [3.63, 3.8) is 0 Å². The van der Waals surface area contributed by atoms with Crippen LogP contribution < -0.4 is 10.1 Å². The number of aromatic hydroxyl groups is 1. The van der Waals surface area contributed by atoms with E-state index >= 15 is 0 Å². The van der Waals surface area contributed by atoms with Crippen molar-refractivity contribution in [2.45, 2.75) is 38.8 Å². The Labute approximate surface area is 154 Å². The van der Waals surface area contributed by atoms with E-state index < -0.39 is 23.7 Å². The van der Waals surface area contributed by atoms with Crippen molar-refractivity contribution in [1.29, 1.82) is 0 Å². The molecule has 1 rings (SSSR count). The van der Waals surface area contributed by atoms with Crippen LogP contribution in [0.1, 0.15) is 26.3 Å². The fourth-order valence-corrected chi connectivity index (χ4v) is 2.87. The van der Waals surface area contributed by atoms with E-state index in [0.717, 1.165) is 0 Å². The van der Waals surface area contributed by atoms with Crippen LogP contribution in [0.15, 0.2) is 12.1 Å². The molecule has 0 heterocycles. The summed E-state index contributed by atoms with van der Waals surface area (Å²) in [6, 6.07) is 2.30. The van der Waals surface area contributed by atoms with Gasteiger partial charge in [-0.25, -0.2) is 9.59 Å². The van der Waals surface area contributed by atoms with Crippen LogP contribution in [-0.2, 0) is 20.7 Å². The summed E-state index contributed by atoms with van der Waals surface area (Å²) in [5.74, 6) is -0.291. The Morgan fingerprint density at radius 1 is 1.29 bits per heavy atom. The van der Waals surface area contributed by atoms with Crippen LogP contribution in [0.4, 0.5) is 4.79 Å². The number of nitrogens with one attached hydrogen (secondary N) is 1. The summed E-state index contributed by atoms with van der Waals surface area (Å²) in [5, 5.41) is 12.4. The molecular weight excluding hydrogens is 429 g/mol. The first kappa shape index (κ1) is 20.3. The molecule has 0 saturated carbocycles. The molecule has 1 aromatic rings. The third kappa shape index (κ3) is 6.06. The lowest BCUT2D eigenvalue weighted by Crippen LogP contribution is -2.45. The molecule has 0 spiro atoms. The standard InChI is InChI=1S/C16H22INO6/c1-16(2,3)24-15(21)18-11(14(20)23-5)7-9-6-10(17)13(22-4)12(19)8-9/h6,8,11,19H,7H2,1-5H3,(H,18,21)/t11-/m0/s1. The van der Waals surface area contributed by atoms with Gasteiger partial charge in [0.1, 0.15) is 11.6 Å². The second-order valence-electron chi connectivity index (χ2n) is 6.06. The molecule has 0 aliphatic carbocycles. The molecule has 0 bridgehead atoms. The lowest BCUT2D eigenvalue weighted by Gasteiger charge is -2.22. The van der Waals surface area contributed by atoms with E-state index in [0.29, 0.717) is 14.9 Å². The van der Waals surface area contributed by atoms with Crippen LogP contribution in [0.2, 0.25) is 0 Å². The van der Waals surface area contributed by atoms with E-state index in [-0.39, 0.29) is 12.2 Å². The normalized spacial score (nSPS) is 12.2. The number of ether oxygens (including phenoxy) is 3. The Kier molecular flexibility index (Phi) is 7.12. The number of hydrogen-bond donors (Lipinski definition) is 2. The maximum absolute atomic E-state index is 11.9. The van der Waals surface area contributed by atoms with Crippen LogP contribution in [0.3, 0.4) is 0 Å². The third-order valence-electron chi connectivity index (χ3n) is 2.90. The predicted molar refractivity (Wildman–Crippen MR) is 96.3 cm³/mol. The molecule has 0 aliphatic heterocycles. The predicted octanol–water partition coefficient (Wildman–Crippen LogP) is 2.61. The number of phenolic OH excluding ortho intramolecular Hbond substituents is 1. The largest absolute Gasteiger partial charge is 0.504 e. The van der Waals surface area contributed by atoms with Gasteiger partial charge in [0, 0.05) is 6.42 Å². The van der Waals surface area contributed by atoms with Crippen molar-refractivity contribution in [2.75, 3.05) is 14.2 Å². The minimum absolute atomic E-state index is 0.0414. The molecule has 1 atom stereocenters. The quantitative estimate of drug-likeness (QED) is 0.528. The third-order valence-corrected chi connectivity index (χ3v) is 3.71. The van der Waals surface area contributed by atoms with Gasteiger partial charge in [0.25, 0.3) is 0 Å². The number of alkyl carbamates (subject to hydrolysis) is 1. The minimum atomic E-state index is -0.937. The summed E-state index contributed by atoms with van der Waals surface area (Å²) < 4.78 is 15.6. The molecule has 1 amide bonds. The van der Waals surface area contributed by atoms with E-state index in [1.165, 1.54) is 20.3 Å². The van der Waals surface area contributed by atoms with Gasteiger partial charge in [-0.1, -0.05) is 0 Å². The number of methoxy groups -OCH3 is 2. The Morgan fingerprint density at radius 3 is 2.38 bits per heavy atom. The average Bonchev–Trinajstić information content (AvgIpc) is 2.43. The topological polar surface area (TPSA) is 94.1 Å². The van der Waals surface area contributed by atoms with E-state index in [4.69, 9.17) is 14.2 Å². The highest BCUT2D eigenvalue weighted by Crippen LogP contribution is 2.32. The summed E-state index contributed by atoms with van der Waals surface area (Å²) in [4.78, 5) is 23.8. The van der Waals surface area contributed by atoms with Crippen LogP contribution in [0.5, 0.6) is 11.5 Å². The molecule has 24 heavy (non-hydrogen) atoms. The first-order valence-electron chi connectivity index (χ1n) is 7.20. The first-order valence-corrected chi connectivity index (χ1v) is 8.28. The van der Waals surface area contributed by atoms with E-state index in [1.54, 1.807) is 26.8 Å². The van der Waals surface area contributed by atoms with Crippen molar-refractivity contribution in [3.8, 4) is 11.5 Å². The minimum Gasteiger partial charge on any atom is -0.504 e. The number of esters is 1. The zero-order valence-electron chi connectivity index (χ0n) is 14.3. The number of phenols is 1. The molecule has 134 valence electrons. The maximum atomic E-state index is 11.9. The molecule has 0 radical (unpaired) electrons. The maximum Gasteiger partial charge on any atom is 0.408 e. The number of carbonyl (C=O) groups excluding carboxylic acids is 2. The van der Waals surface area contributed by atoms with Crippen LogP contribution in [-0.4, -0.2) is 43.0 Å². The average molecular weight is 451 g/mol. The molecule has 0 aromatic heterocycles. The Hall–Kier alpha value is -1.71. The zero-order valence-corrected chi connectivity index (χ0v) is 16.5. The lowest BCUT2D eigenvalue weighted by molar-refractivity contribution is -0.143. The second kappa shape index (κ2) is 8.41. The van der Waals surface area contributed by atoms with Gasteiger partial charge in [-0.05, 0) is 61.1 Å². The molecule has 2 N–H and O–H groups in total. The van der Waals surface area contributed by atoms with Gasteiger partial charge in [0.05, 0.1) is 17.8 Å². The number of rotatable bonds is 5. The molecule has 0 unspecified atom stereocenters. The van der Waals surface area contributed by atoms with Crippen LogP contribution >= 0.6 is 22.6 Å². The second-order valence-corrected chi connectivity index (χ2v) is 7.22. The van der Waals surface area contributed by atoms with Crippen molar-refractivity contribution >= 4 is 34.7 Å². The highest BCUT2D eigenvalue weighted by atomic mass is 127. The Bertz CT molecular complexity index is 588. The van der Waals surface area contributed by atoms with Gasteiger partial charge in [-0.3, -0.25) is 0 Å². The number of hydrogen-bond acceptors (Lipinski definition) is 6. The Balaban J connectivity index is 2.95. The summed E-state index contributed by atoms with van der Waals surface area (Å²) in [5.41, 5.74) is -0.0393. The van der Waals surface area contributed by atoms with Gasteiger partial charge in [-0.2, -0.15) is 0 Å². The fraction of sp³-hybridized carbons (Fsp3) is 0.500. The van der Waals surface area contributed by atoms with Crippen molar-refractivity contribution < 1.29 is 28.9 Å². The fourth-order valence-electron chi connectivity index (χ4n) is 1.97. The molecule has 1 aromatic carbocycles. The van der Waals surface area contributed by atoms with Gasteiger partial charge < -0.3 is 24.6 Å². The summed E-state index contributed by atoms with van der Waals surface area (Å²) >= 11 is 2.02. The van der Waals surface area contributed by atoms with Crippen LogP contribution in [0.25, 0.3) is 0 Å². The van der Waals surface area contributed by atoms with Gasteiger partial charge in [0.15, 0.2) is 11.5 Å². The van der Waals surface area contributed by atoms with Gasteiger partial charge >= 0.3 is 12.1 Å². The van der Waals surface area contributed by atoms with E-state index in [9.17, 15) is 14.7 Å². The van der Waals surface area contributed by atoms with E-state index in [2.05, 4.69) is 5.32 Å². The van der Waals surface area contributed by atoms with Crippen molar-refractivity contribution in [3.05, 3.63) is 21.3 Å². The monoisotopic (exact) mass is 451 g/mol. The molecule has 0 saturated heterocycles. The van der Waals surface area contributed by atoms with Gasteiger partial charge in [0.2, 0.25) is 0 Å². The molecule has 8 heteroatoms. The summed E-state index contributed by atoms with van der Waals surface area (Å²) in [7, 11) is 2.69.